The van der Waals surface area contributed by atoms with Gasteiger partial charge in [-0.15, -0.1) is 0 Å². The third kappa shape index (κ3) is 6.58. The minimum atomic E-state index is -0.0361. The Balaban J connectivity index is 0.000000195. The van der Waals surface area contributed by atoms with Crippen LogP contribution in [0.2, 0.25) is 0 Å². The summed E-state index contributed by atoms with van der Waals surface area (Å²) in [6, 6.07) is 36.9. The lowest BCUT2D eigenvalue weighted by atomic mass is 9.75. The van der Waals surface area contributed by atoms with Gasteiger partial charge in [-0.1, -0.05) is 142 Å². The highest BCUT2D eigenvalue weighted by Gasteiger charge is 2.27. The Morgan fingerprint density at radius 1 is 0.848 bits per heavy atom. The number of nitrogens with one attached hydrogen (secondary N) is 1. The second-order valence-electron chi connectivity index (χ2n) is 12.9. The molecule has 1 heterocycles. The van der Waals surface area contributed by atoms with Crippen LogP contribution in [0.1, 0.15) is 63.3 Å². The number of aromatic nitrogens is 1. The zero-order valence-corrected chi connectivity index (χ0v) is 28.5. The number of fused-ring (bicyclic) bond motifs is 3. The van der Waals surface area contributed by atoms with Crippen LogP contribution in [0.3, 0.4) is 0 Å². The highest BCUT2D eigenvalue weighted by atomic mass is 15.0. The van der Waals surface area contributed by atoms with Crippen molar-refractivity contribution in [3.05, 3.63) is 166 Å². The van der Waals surface area contributed by atoms with Gasteiger partial charge in [-0.25, -0.2) is 0 Å². The summed E-state index contributed by atoms with van der Waals surface area (Å²) in [5, 5.41) is 7.16. The summed E-state index contributed by atoms with van der Waals surface area (Å²) in [5.41, 5.74) is 9.06. The number of rotatable bonds is 7. The van der Waals surface area contributed by atoms with Crippen LogP contribution in [-0.2, 0) is 10.8 Å². The van der Waals surface area contributed by atoms with Crippen molar-refractivity contribution in [3.63, 3.8) is 0 Å². The monoisotopic (exact) mass is 604 g/mol. The molecule has 1 aromatic heterocycles. The maximum atomic E-state index is 3.15. The number of allylic oxidation sites excluding steroid dienone is 4. The molecule has 0 saturated heterocycles. The second kappa shape index (κ2) is 14.1. The largest absolute Gasteiger partial charge is 0.394 e. The molecule has 234 valence electrons. The molecule has 2 nitrogen and oxygen atoms in total. The molecular formula is C44H48N2. The minimum Gasteiger partial charge on any atom is -0.394 e. The van der Waals surface area contributed by atoms with E-state index in [0.717, 1.165) is 6.42 Å². The van der Waals surface area contributed by atoms with Crippen LogP contribution in [0.5, 0.6) is 0 Å². The fourth-order valence-electron chi connectivity index (χ4n) is 6.68. The van der Waals surface area contributed by atoms with E-state index in [4.69, 9.17) is 0 Å². The maximum absolute atomic E-state index is 3.15. The fraction of sp³-hybridized carbons (Fsp3) is 0.227. The molecule has 2 heteroatoms. The lowest BCUT2D eigenvalue weighted by molar-refractivity contribution is 0.632. The van der Waals surface area contributed by atoms with Crippen molar-refractivity contribution in [2.75, 3.05) is 7.05 Å². The van der Waals surface area contributed by atoms with Gasteiger partial charge < -0.3 is 9.88 Å². The lowest BCUT2D eigenvalue weighted by Gasteiger charge is -2.29. The second-order valence-corrected chi connectivity index (χ2v) is 12.9. The Hall–Kier alpha value is -4.82. The number of benzene rings is 4. The van der Waals surface area contributed by atoms with E-state index in [1.165, 1.54) is 55.0 Å². The van der Waals surface area contributed by atoms with E-state index in [1.807, 2.05) is 7.05 Å². The molecule has 1 aliphatic rings. The van der Waals surface area contributed by atoms with Crippen molar-refractivity contribution in [2.45, 2.75) is 58.8 Å². The summed E-state index contributed by atoms with van der Waals surface area (Å²) in [6.07, 6.45) is 16.5. The summed E-state index contributed by atoms with van der Waals surface area (Å²) >= 11 is 0. The first-order valence-electron chi connectivity index (χ1n) is 16.4. The topological polar surface area (TPSA) is 17.0 Å². The summed E-state index contributed by atoms with van der Waals surface area (Å²) in [7, 11) is 1.94. The number of hydrogen-bond donors (Lipinski definition) is 1. The molecule has 0 aliphatic heterocycles. The van der Waals surface area contributed by atoms with Crippen molar-refractivity contribution >= 4 is 29.1 Å². The molecule has 1 N–H and O–H groups in total. The molecule has 0 saturated carbocycles. The first kappa shape index (κ1) is 32.6. The van der Waals surface area contributed by atoms with E-state index in [2.05, 4.69) is 197 Å². The molecule has 46 heavy (non-hydrogen) atoms. The third-order valence-electron chi connectivity index (χ3n) is 9.18. The molecule has 0 bridgehead atoms. The van der Waals surface area contributed by atoms with Crippen molar-refractivity contribution in [3.8, 4) is 5.69 Å². The van der Waals surface area contributed by atoms with Crippen LogP contribution in [0.4, 0.5) is 0 Å². The molecule has 1 aliphatic carbocycles. The number of aryl methyl sites for hydroxylation is 1. The van der Waals surface area contributed by atoms with E-state index >= 15 is 0 Å². The van der Waals surface area contributed by atoms with E-state index in [1.54, 1.807) is 0 Å². The number of hydrogen-bond acceptors (Lipinski definition) is 1. The lowest BCUT2D eigenvalue weighted by Crippen LogP contribution is -2.36. The van der Waals surface area contributed by atoms with E-state index < -0.39 is 0 Å². The predicted octanol–water partition coefficient (Wildman–Crippen LogP) is 9.54. The summed E-state index contributed by atoms with van der Waals surface area (Å²) in [6.45, 7) is 13.2. The van der Waals surface area contributed by atoms with E-state index in [-0.39, 0.29) is 10.8 Å². The van der Waals surface area contributed by atoms with Gasteiger partial charge in [-0.05, 0) is 73.7 Å². The van der Waals surface area contributed by atoms with Crippen LogP contribution in [0.15, 0.2) is 133 Å². The average molecular weight is 605 g/mol. The predicted molar refractivity (Wildman–Crippen MR) is 201 cm³/mol. The van der Waals surface area contributed by atoms with Gasteiger partial charge in [0.15, 0.2) is 0 Å². The molecule has 6 rings (SSSR count). The third-order valence-corrected chi connectivity index (χ3v) is 9.18. The molecule has 1 unspecified atom stereocenters. The van der Waals surface area contributed by atoms with Crippen LogP contribution in [-0.4, -0.2) is 11.6 Å². The van der Waals surface area contributed by atoms with E-state index in [9.17, 15) is 0 Å². The first-order chi connectivity index (χ1) is 22.2. The van der Waals surface area contributed by atoms with Gasteiger partial charge in [0.05, 0.1) is 5.52 Å². The Labute approximate surface area is 275 Å². The quantitative estimate of drug-likeness (QED) is 0.183. The normalized spacial score (nSPS) is 16.5. The van der Waals surface area contributed by atoms with Gasteiger partial charge >= 0.3 is 0 Å². The maximum Gasteiger partial charge on any atom is 0.0541 e. The van der Waals surface area contributed by atoms with Crippen molar-refractivity contribution in [2.24, 2.45) is 0 Å². The zero-order chi connectivity index (χ0) is 32.7. The highest BCUT2D eigenvalue weighted by Crippen LogP contribution is 2.35. The summed E-state index contributed by atoms with van der Waals surface area (Å²) in [4.78, 5) is 0. The number of nitrogens with zero attached hydrogens (tertiary/aromatic N) is 1. The van der Waals surface area contributed by atoms with Gasteiger partial charge in [-0.3, -0.25) is 0 Å². The van der Waals surface area contributed by atoms with Crippen LogP contribution >= 0.6 is 0 Å². The molecule has 0 fully saturated rings. The van der Waals surface area contributed by atoms with Gasteiger partial charge in [0.2, 0.25) is 0 Å². The Kier molecular flexibility index (Phi) is 9.97. The fourth-order valence-corrected chi connectivity index (χ4v) is 6.68. The smallest absolute Gasteiger partial charge is 0.0541 e. The van der Waals surface area contributed by atoms with Crippen molar-refractivity contribution < 1.29 is 0 Å². The first-order valence-corrected chi connectivity index (χ1v) is 16.4. The van der Waals surface area contributed by atoms with E-state index in [0.29, 0.717) is 0 Å². The minimum absolute atomic E-state index is 0.0216. The van der Waals surface area contributed by atoms with Gasteiger partial charge in [0.1, 0.15) is 0 Å². The van der Waals surface area contributed by atoms with Crippen LogP contribution < -0.4 is 15.9 Å². The summed E-state index contributed by atoms with van der Waals surface area (Å²) < 4.78 is 2.41. The van der Waals surface area contributed by atoms with Crippen LogP contribution in [0, 0.1) is 6.92 Å². The van der Waals surface area contributed by atoms with Crippen molar-refractivity contribution in [1.29, 1.82) is 0 Å². The molecule has 5 aromatic rings. The SMILES string of the molecule is C/C=C\C(=C\NC)C(C)(C)c1ccccc1/C=C\C.Cc1ccc2c(c1)c1c(n2-c2ccccc2)=CCC(C)(c2ccccc2)C=1. The van der Waals surface area contributed by atoms with Crippen molar-refractivity contribution in [1.82, 2.24) is 9.88 Å². The molecule has 0 spiro atoms. The highest BCUT2D eigenvalue weighted by molar-refractivity contribution is 5.86. The Morgan fingerprint density at radius 2 is 1.52 bits per heavy atom. The molecular weight excluding hydrogens is 556 g/mol. The number of para-hydroxylation sites is 1. The standard InChI is InChI=1S/C26H23N.C18H25N/c1-19-13-14-24-22(17-19)23-18-26(2,20-9-5-3-6-10-20)16-15-25(23)27(24)21-11-7-4-8-12-21;1-6-10-15-12-8-9-13-17(15)18(3,4)16(11-7-2)14-19-5/h3-15,17-18H,16H2,1-2H3;6-14,19H,1-5H3/b;10-6-,11-7-,16-14-. The molecule has 4 aromatic carbocycles. The average Bonchev–Trinajstić information content (AvgIpc) is 3.38. The summed E-state index contributed by atoms with van der Waals surface area (Å²) in [5.74, 6) is 0. The molecule has 0 radical (unpaired) electrons. The van der Waals surface area contributed by atoms with Gasteiger partial charge in [-0.2, -0.15) is 0 Å². The Bertz CT molecular complexity index is 2000. The Morgan fingerprint density at radius 3 is 2.20 bits per heavy atom. The molecule has 1 atom stereocenters. The van der Waals surface area contributed by atoms with Gasteiger partial charge in [0.25, 0.3) is 0 Å². The molecule has 0 amide bonds. The zero-order valence-electron chi connectivity index (χ0n) is 28.5. The van der Waals surface area contributed by atoms with Gasteiger partial charge in [0, 0.05) is 45.7 Å². The van der Waals surface area contributed by atoms with Crippen LogP contribution in [0.25, 0.3) is 34.8 Å².